The van der Waals surface area contributed by atoms with Crippen LogP contribution < -0.4 is 5.32 Å². The highest BCUT2D eigenvalue weighted by atomic mass is 19.4. The molecule has 1 aromatic rings. The summed E-state index contributed by atoms with van der Waals surface area (Å²) in [5.41, 5.74) is -1.22. The van der Waals surface area contributed by atoms with Gasteiger partial charge in [-0.05, 0) is 31.5 Å². The molecule has 0 unspecified atom stereocenters. The molecular weight excluding hydrogens is 333 g/mol. The van der Waals surface area contributed by atoms with Crippen molar-refractivity contribution in [1.29, 1.82) is 0 Å². The van der Waals surface area contributed by atoms with Gasteiger partial charge in [0.15, 0.2) is 0 Å². The highest BCUT2D eigenvalue weighted by molar-refractivity contribution is 5.77. The number of carboxylic acids is 1. The van der Waals surface area contributed by atoms with Crippen molar-refractivity contribution in [3.63, 3.8) is 0 Å². The van der Waals surface area contributed by atoms with E-state index in [4.69, 9.17) is 5.11 Å². The Morgan fingerprint density at radius 2 is 1.92 bits per heavy atom. The second kappa shape index (κ2) is 7.46. The molecule has 2 N–H and O–H groups in total. The molecule has 4 nitrogen and oxygen atoms in total. The van der Waals surface area contributed by atoms with Crippen LogP contribution in [0.5, 0.6) is 0 Å². The van der Waals surface area contributed by atoms with Crippen LogP contribution in [0.4, 0.5) is 13.2 Å². The fourth-order valence-electron chi connectivity index (χ4n) is 2.39. The van der Waals surface area contributed by atoms with Crippen molar-refractivity contribution in [1.82, 2.24) is 10.2 Å². The summed E-state index contributed by atoms with van der Waals surface area (Å²) < 4.78 is 39.0. The van der Waals surface area contributed by atoms with Crippen LogP contribution in [0.1, 0.15) is 30.5 Å². The van der Waals surface area contributed by atoms with E-state index >= 15 is 0 Å². The van der Waals surface area contributed by atoms with Gasteiger partial charge in [0.2, 0.25) is 0 Å². The predicted molar refractivity (Wildman–Crippen MR) is 87.9 cm³/mol. The summed E-state index contributed by atoms with van der Waals surface area (Å²) in [5.74, 6) is 4.13. The Bertz CT molecular complexity index is 696. The number of nitrogens with zero attached hydrogens (tertiary/aromatic N) is 1. The molecule has 7 heteroatoms. The van der Waals surface area contributed by atoms with Crippen molar-refractivity contribution in [2.24, 2.45) is 5.41 Å². The van der Waals surface area contributed by atoms with Crippen molar-refractivity contribution >= 4 is 5.97 Å². The molecular formula is C18H21F3N2O2. The number of halogens is 3. The van der Waals surface area contributed by atoms with Crippen LogP contribution in [-0.4, -0.2) is 42.2 Å². The molecule has 0 spiro atoms. The molecule has 1 aliphatic rings. The molecule has 2 rings (SSSR count). The number of benzene rings is 1. The number of carboxylic acid groups (broad SMARTS) is 1. The maximum absolute atomic E-state index is 13.0. The first-order chi connectivity index (χ1) is 11.6. The lowest BCUT2D eigenvalue weighted by atomic mass is 9.93. The van der Waals surface area contributed by atoms with E-state index in [0.717, 1.165) is 38.3 Å². The van der Waals surface area contributed by atoms with Gasteiger partial charge in [0.1, 0.15) is 5.41 Å². The van der Waals surface area contributed by atoms with E-state index in [1.54, 1.807) is 0 Å². The molecule has 0 aromatic heterocycles. The molecule has 136 valence electrons. The number of aliphatic carboxylic acids is 1. The van der Waals surface area contributed by atoms with Crippen molar-refractivity contribution in [2.75, 3.05) is 26.2 Å². The van der Waals surface area contributed by atoms with Gasteiger partial charge in [-0.1, -0.05) is 17.9 Å². The molecule has 1 saturated heterocycles. The summed E-state index contributed by atoms with van der Waals surface area (Å²) in [4.78, 5) is 13.3. The van der Waals surface area contributed by atoms with Crippen LogP contribution in [-0.2, 0) is 17.5 Å². The molecule has 1 aromatic carbocycles. The monoisotopic (exact) mass is 354 g/mol. The van der Waals surface area contributed by atoms with Crippen molar-refractivity contribution in [3.8, 4) is 11.8 Å². The van der Waals surface area contributed by atoms with E-state index in [1.807, 2.05) is 0 Å². The van der Waals surface area contributed by atoms with E-state index in [9.17, 15) is 18.0 Å². The third-order valence-corrected chi connectivity index (χ3v) is 4.09. The highest BCUT2D eigenvalue weighted by Crippen LogP contribution is 2.31. The van der Waals surface area contributed by atoms with Crippen LogP contribution in [0.25, 0.3) is 0 Å². The largest absolute Gasteiger partial charge is 0.480 e. The summed E-state index contributed by atoms with van der Waals surface area (Å²) >= 11 is 0. The van der Waals surface area contributed by atoms with Crippen LogP contribution in [0, 0.1) is 17.3 Å². The number of hydrogen-bond donors (Lipinski definition) is 2. The molecule has 1 fully saturated rings. The molecule has 0 saturated carbocycles. The van der Waals surface area contributed by atoms with Crippen LogP contribution >= 0.6 is 0 Å². The van der Waals surface area contributed by atoms with Gasteiger partial charge < -0.3 is 10.4 Å². The first-order valence-electron chi connectivity index (χ1n) is 7.99. The van der Waals surface area contributed by atoms with Gasteiger partial charge >= 0.3 is 12.1 Å². The Labute approximate surface area is 145 Å². The molecule has 0 amide bonds. The molecule has 1 heterocycles. The van der Waals surface area contributed by atoms with E-state index in [2.05, 4.69) is 22.1 Å². The first kappa shape index (κ1) is 19.3. The van der Waals surface area contributed by atoms with E-state index < -0.39 is 23.1 Å². The van der Waals surface area contributed by atoms with Gasteiger partial charge in [-0.2, -0.15) is 13.2 Å². The predicted octanol–water partition coefficient (Wildman–Crippen LogP) is 2.57. The molecule has 0 radical (unpaired) electrons. The van der Waals surface area contributed by atoms with Gasteiger partial charge in [0, 0.05) is 38.3 Å². The maximum Gasteiger partial charge on any atom is 0.416 e. The second-order valence-electron chi connectivity index (χ2n) is 6.58. The third kappa shape index (κ3) is 5.21. The zero-order valence-corrected chi connectivity index (χ0v) is 14.2. The van der Waals surface area contributed by atoms with E-state index in [0.29, 0.717) is 12.1 Å². The number of rotatable bonds is 3. The lowest BCUT2D eigenvalue weighted by Gasteiger charge is -2.27. The molecule has 0 aliphatic carbocycles. The molecule has 25 heavy (non-hydrogen) atoms. The standard InChI is InChI=1S/C18H21F3N2O2/c1-17(2,16(24)25)6-5-13-11-15(18(19,20)21)4-3-14(13)12-23-9-7-22-8-10-23/h3-4,11,22H,7-10,12H2,1-2H3,(H,24,25). The summed E-state index contributed by atoms with van der Waals surface area (Å²) in [6.45, 7) is 6.58. The van der Waals surface area contributed by atoms with Crippen LogP contribution in [0.2, 0.25) is 0 Å². The minimum atomic E-state index is -4.47. The van der Waals surface area contributed by atoms with Gasteiger partial charge in [0.05, 0.1) is 5.56 Å². The summed E-state index contributed by atoms with van der Waals surface area (Å²) in [6, 6.07) is 3.48. The van der Waals surface area contributed by atoms with Gasteiger partial charge in [-0.3, -0.25) is 9.69 Å². The van der Waals surface area contributed by atoms with Crippen LogP contribution in [0.3, 0.4) is 0 Å². The Morgan fingerprint density at radius 1 is 1.28 bits per heavy atom. The summed E-state index contributed by atoms with van der Waals surface area (Å²) in [7, 11) is 0. The van der Waals surface area contributed by atoms with E-state index in [1.165, 1.54) is 19.9 Å². The molecule has 0 atom stereocenters. The topological polar surface area (TPSA) is 52.6 Å². The number of nitrogens with one attached hydrogen (secondary N) is 1. The Morgan fingerprint density at radius 3 is 2.48 bits per heavy atom. The zero-order valence-electron chi connectivity index (χ0n) is 14.2. The molecule has 0 bridgehead atoms. The Balaban J connectivity index is 2.38. The van der Waals surface area contributed by atoms with Gasteiger partial charge in [-0.25, -0.2) is 0 Å². The number of hydrogen-bond acceptors (Lipinski definition) is 3. The number of alkyl halides is 3. The smallest absolute Gasteiger partial charge is 0.416 e. The lowest BCUT2D eigenvalue weighted by molar-refractivity contribution is -0.143. The summed E-state index contributed by atoms with van der Waals surface area (Å²) in [5, 5.41) is 12.4. The van der Waals surface area contributed by atoms with Crippen LogP contribution in [0.15, 0.2) is 18.2 Å². The Kier molecular flexibility index (Phi) is 5.76. The third-order valence-electron chi connectivity index (χ3n) is 4.09. The SMILES string of the molecule is CC(C)(C#Cc1cc(C(F)(F)F)ccc1CN1CCNCC1)C(=O)O. The zero-order chi connectivity index (χ0) is 18.7. The van der Waals surface area contributed by atoms with Gasteiger partial charge in [-0.15, -0.1) is 0 Å². The Hall–Kier alpha value is -2.04. The quantitative estimate of drug-likeness (QED) is 0.820. The normalized spacial score (nSPS) is 16.2. The van der Waals surface area contributed by atoms with Crippen molar-refractivity contribution in [3.05, 3.63) is 34.9 Å². The maximum atomic E-state index is 13.0. The highest BCUT2D eigenvalue weighted by Gasteiger charge is 2.31. The lowest BCUT2D eigenvalue weighted by Crippen LogP contribution is -2.43. The van der Waals surface area contributed by atoms with E-state index in [-0.39, 0.29) is 5.56 Å². The fraction of sp³-hybridized carbons (Fsp3) is 0.500. The second-order valence-corrected chi connectivity index (χ2v) is 6.58. The average Bonchev–Trinajstić information content (AvgIpc) is 2.53. The molecule has 1 aliphatic heterocycles. The van der Waals surface area contributed by atoms with Crippen molar-refractivity contribution in [2.45, 2.75) is 26.6 Å². The number of carbonyl (C=O) groups is 1. The minimum absolute atomic E-state index is 0.225. The average molecular weight is 354 g/mol. The fourth-order valence-corrected chi connectivity index (χ4v) is 2.39. The van der Waals surface area contributed by atoms with Crippen molar-refractivity contribution < 1.29 is 23.1 Å². The number of piperazine rings is 1. The summed E-state index contributed by atoms with van der Waals surface area (Å²) in [6.07, 6.45) is -4.47. The van der Waals surface area contributed by atoms with Gasteiger partial charge in [0.25, 0.3) is 0 Å². The first-order valence-corrected chi connectivity index (χ1v) is 7.99. The minimum Gasteiger partial charge on any atom is -0.480 e.